The van der Waals surface area contributed by atoms with Crippen LogP contribution in [-0.4, -0.2) is 38.5 Å². The number of hydrogen-bond acceptors (Lipinski definition) is 4. The Morgan fingerprint density at radius 2 is 1.33 bits per heavy atom. The molecule has 0 aliphatic rings. The first-order valence-electron chi connectivity index (χ1n) is 9.04. The average molecular weight is 399 g/mol. The second-order valence-electron chi connectivity index (χ2n) is 6.80. The molecule has 0 aliphatic carbocycles. The molecule has 1 aromatic rings. The fraction of sp³-hybridized carbons (Fsp3) is 0.579. The van der Waals surface area contributed by atoms with E-state index in [9.17, 15) is 18.0 Å². The summed E-state index contributed by atoms with van der Waals surface area (Å²) >= 11 is 0. The molecule has 0 unspecified atom stereocenters. The van der Waals surface area contributed by atoms with Crippen LogP contribution in [0.5, 0.6) is 0 Å². The number of benzene rings is 1. The summed E-state index contributed by atoms with van der Waals surface area (Å²) in [6.07, 6.45) is 1.17. The third-order valence-electron chi connectivity index (χ3n) is 4.98. The van der Waals surface area contributed by atoms with E-state index in [1.165, 1.54) is 0 Å². The van der Waals surface area contributed by atoms with Crippen molar-refractivity contribution in [1.82, 2.24) is 10.0 Å². The molecule has 0 saturated heterocycles. The first kappa shape index (κ1) is 23.1. The first-order chi connectivity index (χ1) is 12.5. The average Bonchev–Trinajstić information content (AvgIpc) is 2.57. The fourth-order valence-electron chi connectivity index (χ4n) is 2.96. The molecule has 0 saturated carbocycles. The summed E-state index contributed by atoms with van der Waals surface area (Å²) in [6, 6.07) is 0. The van der Waals surface area contributed by atoms with Gasteiger partial charge in [-0.2, -0.15) is 0 Å². The van der Waals surface area contributed by atoms with E-state index in [0.717, 1.165) is 27.8 Å². The number of sulfonamides is 1. The molecule has 152 valence electrons. The van der Waals surface area contributed by atoms with Crippen molar-refractivity contribution in [2.45, 2.75) is 65.2 Å². The SMILES string of the molecule is Cc1c(C)c(C)c(S(=O)(=O)NCCC(=O)NCCCCC(=O)O)c(C)c1C. The van der Waals surface area contributed by atoms with E-state index in [-0.39, 0.29) is 30.2 Å². The van der Waals surface area contributed by atoms with Gasteiger partial charge in [-0.25, -0.2) is 13.1 Å². The summed E-state index contributed by atoms with van der Waals surface area (Å²) in [4.78, 5) is 22.5. The number of carbonyl (C=O) groups excluding carboxylic acids is 1. The summed E-state index contributed by atoms with van der Waals surface area (Å²) < 4.78 is 28.0. The van der Waals surface area contributed by atoms with Crippen molar-refractivity contribution >= 4 is 21.9 Å². The molecular formula is C19H30N2O5S. The molecular weight excluding hydrogens is 368 g/mol. The Hall–Kier alpha value is -1.93. The van der Waals surface area contributed by atoms with E-state index < -0.39 is 16.0 Å². The monoisotopic (exact) mass is 398 g/mol. The second-order valence-corrected chi connectivity index (χ2v) is 8.51. The number of unbranched alkanes of at least 4 members (excludes halogenated alkanes) is 1. The van der Waals surface area contributed by atoms with Gasteiger partial charge in [0.1, 0.15) is 0 Å². The van der Waals surface area contributed by atoms with E-state index >= 15 is 0 Å². The van der Waals surface area contributed by atoms with Crippen molar-refractivity contribution in [2.75, 3.05) is 13.1 Å². The van der Waals surface area contributed by atoms with Gasteiger partial charge in [0.05, 0.1) is 4.90 Å². The van der Waals surface area contributed by atoms with Gasteiger partial charge in [-0.15, -0.1) is 0 Å². The van der Waals surface area contributed by atoms with E-state index in [2.05, 4.69) is 10.0 Å². The summed E-state index contributed by atoms with van der Waals surface area (Å²) in [5, 5.41) is 11.2. The molecule has 1 amide bonds. The van der Waals surface area contributed by atoms with E-state index in [4.69, 9.17) is 5.11 Å². The minimum absolute atomic E-state index is 0.00808. The predicted octanol–water partition coefficient (Wildman–Crippen LogP) is 2.27. The number of carboxylic acid groups (broad SMARTS) is 1. The Morgan fingerprint density at radius 3 is 1.85 bits per heavy atom. The zero-order chi connectivity index (χ0) is 20.8. The van der Waals surface area contributed by atoms with Crippen molar-refractivity contribution in [3.05, 3.63) is 27.8 Å². The molecule has 7 nitrogen and oxygen atoms in total. The lowest BCUT2D eigenvalue weighted by molar-refractivity contribution is -0.137. The molecule has 0 radical (unpaired) electrons. The Morgan fingerprint density at radius 1 is 0.815 bits per heavy atom. The molecule has 1 aromatic carbocycles. The minimum Gasteiger partial charge on any atom is -0.481 e. The number of carbonyl (C=O) groups is 2. The van der Waals surface area contributed by atoms with E-state index in [0.29, 0.717) is 19.4 Å². The highest BCUT2D eigenvalue weighted by atomic mass is 32.2. The molecule has 1 rings (SSSR count). The third kappa shape index (κ3) is 6.32. The Balaban J connectivity index is 2.63. The lowest BCUT2D eigenvalue weighted by atomic mass is 9.95. The Kier molecular flexibility index (Phi) is 8.43. The van der Waals surface area contributed by atoms with Crippen molar-refractivity contribution < 1.29 is 23.1 Å². The lowest BCUT2D eigenvalue weighted by Gasteiger charge is -2.19. The molecule has 0 atom stereocenters. The zero-order valence-electron chi connectivity index (χ0n) is 16.7. The summed E-state index contributed by atoms with van der Waals surface area (Å²) in [5.74, 6) is -1.12. The number of rotatable bonds is 10. The maximum absolute atomic E-state index is 12.7. The molecule has 0 spiro atoms. The quantitative estimate of drug-likeness (QED) is 0.523. The van der Waals surface area contributed by atoms with Crippen LogP contribution in [-0.2, 0) is 19.6 Å². The van der Waals surface area contributed by atoms with Crippen LogP contribution in [0.1, 0.15) is 53.5 Å². The highest BCUT2D eigenvalue weighted by Gasteiger charge is 2.23. The standard InChI is InChI=1S/C19H30N2O5S/c1-12-13(2)15(4)19(16(5)14(12)3)27(25,26)21-11-9-17(22)20-10-7-6-8-18(23)24/h21H,6-11H2,1-5H3,(H,20,22)(H,23,24). The highest BCUT2D eigenvalue weighted by Crippen LogP contribution is 2.29. The number of amides is 1. The van der Waals surface area contributed by atoms with Gasteiger partial charge in [0, 0.05) is 25.9 Å². The van der Waals surface area contributed by atoms with Crippen LogP contribution >= 0.6 is 0 Å². The lowest BCUT2D eigenvalue weighted by Crippen LogP contribution is -2.32. The van der Waals surface area contributed by atoms with Crippen molar-refractivity contribution in [3.8, 4) is 0 Å². The summed E-state index contributed by atoms with van der Waals surface area (Å²) in [7, 11) is -3.71. The van der Waals surface area contributed by atoms with Gasteiger partial charge in [0.15, 0.2) is 0 Å². The van der Waals surface area contributed by atoms with Gasteiger partial charge in [-0.1, -0.05) is 0 Å². The smallest absolute Gasteiger partial charge is 0.303 e. The number of aliphatic carboxylic acids is 1. The topological polar surface area (TPSA) is 113 Å². The highest BCUT2D eigenvalue weighted by molar-refractivity contribution is 7.89. The summed E-state index contributed by atoms with van der Waals surface area (Å²) in [6.45, 7) is 9.79. The van der Waals surface area contributed by atoms with Crippen LogP contribution in [0.3, 0.4) is 0 Å². The van der Waals surface area contributed by atoms with Crippen molar-refractivity contribution in [3.63, 3.8) is 0 Å². The molecule has 0 fully saturated rings. The normalized spacial score (nSPS) is 11.4. The summed E-state index contributed by atoms with van der Waals surface area (Å²) in [5.41, 5.74) is 4.46. The van der Waals surface area contributed by atoms with E-state index in [1.807, 2.05) is 20.8 Å². The van der Waals surface area contributed by atoms with E-state index in [1.54, 1.807) is 13.8 Å². The van der Waals surface area contributed by atoms with Gasteiger partial charge in [0.2, 0.25) is 15.9 Å². The number of hydrogen-bond donors (Lipinski definition) is 3. The van der Waals surface area contributed by atoms with Gasteiger partial charge in [-0.05, 0) is 75.3 Å². The molecule has 3 N–H and O–H groups in total. The largest absolute Gasteiger partial charge is 0.481 e. The Bertz CT molecular complexity index is 787. The number of nitrogens with one attached hydrogen (secondary N) is 2. The van der Waals surface area contributed by atoms with Gasteiger partial charge in [-0.3, -0.25) is 9.59 Å². The van der Waals surface area contributed by atoms with Crippen molar-refractivity contribution in [2.24, 2.45) is 0 Å². The number of carboxylic acids is 1. The molecule has 0 aromatic heterocycles. The second kappa shape index (κ2) is 9.85. The molecule has 0 aliphatic heterocycles. The van der Waals surface area contributed by atoms with Gasteiger partial charge < -0.3 is 10.4 Å². The van der Waals surface area contributed by atoms with Gasteiger partial charge in [0.25, 0.3) is 0 Å². The van der Waals surface area contributed by atoms with Crippen LogP contribution in [0.25, 0.3) is 0 Å². The molecule has 8 heteroatoms. The third-order valence-corrected chi connectivity index (χ3v) is 6.72. The fourth-order valence-corrected chi connectivity index (χ4v) is 4.58. The zero-order valence-corrected chi connectivity index (χ0v) is 17.5. The predicted molar refractivity (Wildman–Crippen MR) is 104 cm³/mol. The van der Waals surface area contributed by atoms with Crippen molar-refractivity contribution in [1.29, 1.82) is 0 Å². The molecule has 27 heavy (non-hydrogen) atoms. The Labute approximate surface area is 161 Å². The van der Waals surface area contributed by atoms with Crippen LogP contribution < -0.4 is 10.0 Å². The maximum Gasteiger partial charge on any atom is 0.303 e. The first-order valence-corrected chi connectivity index (χ1v) is 10.5. The maximum atomic E-state index is 12.7. The van der Waals surface area contributed by atoms with Crippen LogP contribution in [0, 0.1) is 34.6 Å². The van der Waals surface area contributed by atoms with Crippen LogP contribution in [0.4, 0.5) is 0 Å². The van der Waals surface area contributed by atoms with Crippen LogP contribution in [0.15, 0.2) is 4.90 Å². The van der Waals surface area contributed by atoms with Crippen LogP contribution in [0.2, 0.25) is 0 Å². The molecule has 0 bridgehead atoms. The van der Waals surface area contributed by atoms with Gasteiger partial charge >= 0.3 is 5.97 Å². The minimum atomic E-state index is -3.71. The molecule has 0 heterocycles.